The van der Waals surface area contributed by atoms with Crippen molar-refractivity contribution in [2.24, 2.45) is 0 Å². The first kappa shape index (κ1) is 16.4. The number of methoxy groups -OCH3 is 1. The van der Waals surface area contributed by atoms with E-state index in [1.165, 1.54) is 16.0 Å². The summed E-state index contributed by atoms with van der Waals surface area (Å²) >= 11 is 5.38. The Labute approximate surface area is 139 Å². The molecule has 0 atom stereocenters. The van der Waals surface area contributed by atoms with Gasteiger partial charge in [0.25, 0.3) is 0 Å². The van der Waals surface area contributed by atoms with Crippen LogP contribution in [-0.2, 0) is 12.3 Å². The molecule has 0 aliphatic heterocycles. The molecule has 1 N–H and O–H groups in total. The molecule has 0 unspecified atom stereocenters. The number of hydrogen-bond acceptors (Lipinski definition) is 3. The molecule has 0 spiro atoms. The molecule has 0 radical (unpaired) electrons. The predicted molar refractivity (Wildman–Crippen MR) is 94.1 cm³/mol. The molecule has 112 valence electrons. The van der Waals surface area contributed by atoms with E-state index in [9.17, 15) is 0 Å². The first-order valence-corrected chi connectivity index (χ1v) is 8.75. The molecule has 0 amide bonds. The average Bonchev–Trinajstić information content (AvgIpc) is 2.51. The van der Waals surface area contributed by atoms with Gasteiger partial charge in [0.1, 0.15) is 5.75 Å². The largest absolute Gasteiger partial charge is 0.496 e. The Morgan fingerprint density at radius 3 is 2.71 bits per heavy atom. The number of hydrogen-bond donors (Lipinski definition) is 1. The molecule has 21 heavy (non-hydrogen) atoms. The molecule has 0 aliphatic rings. The van der Waals surface area contributed by atoms with E-state index in [2.05, 4.69) is 64.6 Å². The standard InChI is InChI=1S/C17H20BrNOS/c1-3-19-11-13-5-4-6-15(9-13)21-12-14-7-8-17(20-2)16(18)10-14/h4-10,19H,3,11-12H2,1-2H3. The highest BCUT2D eigenvalue weighted by molar-refractivity contribution is 9.10. The van der Waals surface area contributed by atoms with E-state index in [4.69, 9.17) is 4.74 Å². The molecule has 0 aromatic heterocycles. The lowest BCUT2D eigenvalue weighted by molar-refractivity contribution is 0.412. The van der Waals surface area contributed by atoms with E-state index in [1.54, 1.807) is 7.11 Å². The molecule has 0 bridgehead atoms. The van der Waals surface area contributed by atoms with Crippen molar-refractivity contribution in [2.75, 3.05) is 13.7 Å². The molecule has 2 rings (SSSR count). The zero-order valence-corrected chi connectivity index (χ0v) is 14.8. The van der Waals surface area contributed by atoms with Gasteiger partial charge in [-0.15, -0.1) is 11.8 Å². The molecular weight excluding hydrogens is 346 g/mol. The second-order valence-electron chi connectivity index (χ2n) is 4.69. The number of ether oxygens (including phenoxy) is 1. The van der Waals surface area contributed by atoms with Crippen molar-refractivity contribution in [3.63, 3.8) is 0 Å². The second kappa shape index (κ2) is 8.47. The minimum atomic E-state index is 0.872. The van der Waals surface area contributed by atoms with Gasteiger partial charge in [-0.25, -0.2) is 0 Å². The summed E-state index contributed by atoms with van der Waals surface area (Å²) in [5, 5.41) is 3.36. The summed E-state index contributed by atoms with van der Waals surface area (Å²) in [5.41, 5.74) is 2.61. The lowest BCUT2D eigenvalue weighted by Gasteiger charge is -2.08. The maximum absolute atomic E-state index is 5.26. The smallest absolute Gasteiger partial charge is 0.133 e. The molecule has 4 heteroatoms. The SMILES string of the molecule is CCNCc1cccc(SCc2ccc(OC)c(Br)c2)c1. The van der Waals surface area contributed by atoms with Crippen molar-refractivity contribution in [1.29, 1.82) is 0 Å². The quantitative estimate of drug-likeness (QED) is 0.707. The van der Waals surface area contributed by atoms with Crippen molar-refractivity contribution in [1.82, 2.24) is 5.32 Å². The van der Waals surface area contributed by atoms with E-state index in [-0.39, 0.29) is 0 Å². The van der Waals surface area contributed by atoms with E-state index in [1.807, 2.05) is 17.8 Å². The van der Waals surface area contributed by atoms with E-state index < -0.39 is 0 Å². The Bertz CT molecular complexity index is 589. The first-order valence-electron chi connectivity index (χ1n) is 6.97. The van der Waals surface area contributed by atoms with Crippen LogP contribution in [0, 0.1) is 0 Å². The average molecular weight is 366 g/mol. The Kier molecular flexibility index (Phi) is 6.61. The van der Waals surface area contributed by atoms with Crippen LogP contribution in [0.2, 0.25) is 0 Å². The van der Waals surface area contributed by atoms with E-state index in [0.29, 0.717) is 0 Å². The molecule has 0 fully saturated rings. The minimum Gasteiger partial charge on any atom is -0.496 e. The van der Waals surface area contributed by atoms with Gasteiger partial charge in [0.15, 0.2) is 0 Å². The zero-order chi connectivity index (χ0) is 15.1. The minimum absolute atomic E-state index is 0.872. The van der Waals surface area contributed by atoms with Gasteiger partial charge in [-0.05, 0) is 57.9 Å². The van der Waals surface area contributed by atoms with Gasteiger partial charge >= 0.3 is 0 Å². The fourth-order valence-electron chi connectivity index (χ4n) is 1.98. The van der Waals surface area contributed by atoms with E-state index in [0.717, 1.165) is 29.1 Å². The molecular formula is C17H20BrNOS. The highest BCUT2D eigenvalue weighted by Crippen LogP contribution is 2.29. The monoisotopic (exact) mass is 365 g/mol. The van der Waals surface area contributed by atoms with Gasteiger partial charge in [-0.1, -0.05) is 25.1 Å². The van der Waals surface area contributed by atoms with Crippen LogP contribution in [0.4, 0.5) is 0 Å². The van der Waals surface area contributed by atoms with Crippen LogP contribution < -0.4 is 10.1 Å². The lowest BCUT2D eigenvalue weighted by atomic mass is 10.2. The highest BCUT2D eigenvalue weighted by atomic mass is 79.9. The maximum atomic E-state index is 5.26. The summed E-state index contributed by atoms with van der Waals surface area (Å²) in [7, 11) is 1.68. The lowest BCUT2D eigenvalue weighted by Crippen LogP contribution is -2.11. The summed E-state index contributed by atoms with van der Waals surface area (Å²) in [6.07, 6.45) is 0. The fourth-order valence-corrected chi connectivity index (χ4v) is 3.49. The normalized spacial score (nSPS) is 10.6. The molecule has 0 saturated heterocycles. The van der Waals surface area contributed by atoms with Crippen molar-refractivity contribution < 1.29 is 4.74 Å². The summed E-state index contributed by atoms with van der Waals surface area (Å²) in [6, 6.07) is 14.9. The molecule has 0 aliphatic carbocycles. The number of rotatable bonds is 7. The Morgan fingerprint density at radius 1 is 1.14 bits per heavy atom. The van der Waals surface area contributed by atoms with Crippen LogP contribution in [-0.4, -0.2) is 13.7 Å². The van der Waals surface area contributed by atoms with Crippen molar-refractivity contribution >= 4 is 27.7 Å². The van der Waals surface area contributed by atoms with Gasteiger partial charge in [0, 0.05) is 17.2 Å². The van der Waals surface area contributed by atoms with Gasteiger partial charge in [0.05, 0.1) is 11.6 Å². The number of benzene rings is 2. The Balaban J connectivity index is 1.97. The topological polar surface area (TPSA) is 21.3 Å². The highest BCUT2D eigenvalue weighted by Gasteiger charge is 2.03. The van der Waals surface area contributed by atoms with E-state index >= 15 is 0 Å². The summed E-state index contributed by atoms with van der Waals surface area (Å²) in [6.45, 7) is 4.05. The van der Waals surface area contributed by atoms with Crippen molar-refractivity contribution in [3.05, 3.63) is 58.1 Å². The zero-order valence-electron chi connectivity index (χ0n) is 12.4. The predicted octanol–water partition coefficient (Wildman–Crippen LogP) is 4.86. The van der Waals surface area contributed by atoms with Gasteiger partial charge in [-0.3, -0.25) is 0 Å². The van der Waals surface area contributed by atoms with Crippen molar-refractivity contribution in [3.8, 4) is 5.75 Å². The third-order valence-electron chi connectivity index (χ3n) is 3.10. The van der Waals surface area contributed by atoms with Crippen LogP contribution in [0.15, 0.2) is 51.8 Å². The van der Waals surface area contributed by atoms with Gasteiger partial charge < -0.3 is 10.1 Å². The first-order chi connectivity index (χ1) is 10.2. The number of halogens is 1. The molecule has 0 heterocycles. The van der Waals surface area contributed by atoms with Crippen LogP contribution in [0.1, 0.15) is 18.1 Å². The summed E-state index contributed by atoms with van der Waals surface area (Å²) < 4.78 is 6.26. The Morgan fingerprint density at radius 2 is 2.00 bits per heavy atom. The second-order valence-corrected chi connectivity index (χ2v) is 6.59. The third kappa shape index (κ3) is 5.06. The van der Waals surface area contributed by atoms with Crippen LogP contribution in [0.5, 0.6) is 5.75 Å². The number of nitrogens with one attached hydrogen (secondary N) is 1. The maximum Gasteiger partial charge on any atom is 0.133 e. The van der Waals surface area contributed by atoms with Crippen molar-refractivity contribution in [2.45, 2.75) is 24.1 Å². The summed E-state index contributed by atoms with van der Waals surface area (Å²) in [4.78, 5) is 1.30. The van der Waals surface area contributed by atoms with Gasteiger partial charge in [0.2, 0.25) is 0 Å². The van der Waals surface area contributed by atoms with Crippen LogP contribution in [0.25, 0.3) is 0 Å². The summed E-state index contributed by atoms with van der Waals surface area (Å²) in [5.74, 6) is 1.82. The Hall–Kier alpha value is -0.970. The molecule has 2 aromatic rings. The van der Waals surface area contributed by atoms with Crippen LogP contribution in [0.3, 0.4) is 0 Å². The third-order valence-corrected chi connectivity index (χ3v) is 4.78. The molecule has 0 saturated carbocycles. The fraction of sp³-hybridized carbons (Fsp3) is 0.294. The number of thioether (sulfide) groups is 1. The van der Waals surface area contributed by atoms with Crippen LogP contribution >= 0.6 is 27.7 Å². The van der Waals surface area contributed by atoms with Gasteiger partial charge in [-0.2, -0.15) is 0 Å². The molecule has 2 aromatic carbocycles. The molecule has 2 nitrogen and oxygen atoms in total.